The first-order chi connectivity index (χ1) is 9.76. The Balaban J connectivity index is 2.21. The zero-order valence-electron chi connectivity index (χ0n) is 12.9. The average molecular weight is 338 g/mol. The summed E-state index contributed by atoms with van der Waals surface area (Å²) in [4.78, 5) is 0. The molecule has 1 nitrogen and oxygen atoms in total. The highest BCUT2D eigenvalue weighted by Gasteiger charge is 2.31. The van der Waals surface area contributed by atoms with Crippen LogP contribution in [0, 0.1) is 11.8 Å². The third-order valence-corrected chi connectivity index (χ3v) is 5.24. The van der Waals surface area contributed by atoms with Crippen LogP contribution in [-0.4, -0.2) is 6.54 Å². The number of benzene rings is 1. The van der Waals surface area contributed by atoms with Crippen molar-refractivity contribution in [3.63, 3.8) is 0 Å². The van der Waals surface area contributed by atoms with Crippen LogP contribution in [0.1, 0.15) is 64.0 Å². The third-order valence-electron chi connectivity index (χ3n) is 4.74. The highest BCUT2D eigenvalue weighted by molar-refractivity contribution is 9.10. The molecule has 2 heteroatoms. The van der Waals surface area contributed by atoms with Crippen LogP contribution in [-0.2, 0) is 0 Å². The first kappa shape index (κ1) is 16.0. The van der Waals surface area contributed by atoms with Crippen LogP contribution in [0.25, 0.3) is 0 Å². The molecule has 0 saturated heterocycles. The molecule has 0 radical (unpaired) electrons. The smallest absolute Gasteiger partial charge is 0.0351 e. The van der Waals surface area contributed by atoms with E-state index in [0.29, 0.717) is 6.04 Å². The lowest BCUT2D eigenvalue weighted by Crippen LogP contribution is -2.34. The second-order valence-electron chi connectivity index (χ2n) is 6.10. The van der Waals surface area contributed by atoms with Crippen LogP contribution in [0.3, 0.4) is 0 Å². The van der Waals surface area contributed by atoms with Gasteiger partial charge in [-0.2, -0.15) is 0 Å². The fourth-order valence-electron chi connectivity index (χ4n) is 3.70. The van der Waals surface area contributed by atoms with Gasteiger partial charge < -0.3 is 5.32 Å². The molecule has 1 aliphatic rings. The molecule has 1 saturated carbocycles. The highest BCUT2D eigenvalue weighted by atomic mass is 79.9. The number of rotatable bonds is 6. The van der Waals surface area contributed by atoms with Gasteiger partial charge in [-0.1, -0.05) is 67.6 Å². The van der Waals surface area contributed by atoms with Gasteiger partial charge in [0.05, 0.1) is 0 Å². The molecule has 1 aliphatic carbocycles. The molecule has 1 aromatic rings. The average Bonchev–Trinajstić information content (AvgIpc) is 2.48. The Morgan fingerprint density at radius 2 is 2.05 bits per heavy atom. The van der Waals surface area contributed by atoms with E-state index >= 15 is 0 Å². The van der Waals surface area contributed by atoms with Gasteiger partial charge in [0, 0.05) is 10.5 Å². The van der Waals surface area contributed by atoms with E-state index in [9.17, 15) is 0 Å². The van der Waals surface area contributed by atoms with Gasteiger partial charge in [-0.05, 0) is 48.9 Å². The summed E-state index contributed by atoms with van der Waals surface area (Å²) in [5.41, 5.74) is 1.46. The summed E-state index contributed by atoms with van der Waals surface area (Å²) in [6.07, 6.45) is 8.15. The summed E-state index contributed by atoms with van der Waals surface area (Å²) in [6, 6.07) is 9.41. The zero-order valence-corrected chi connectivity index (χ0v) is 14.5. The molecule has 0 amide bonds. The summed E-state index contributed by atoms with van der Waals surface area (Å²) in [5, 5.41) is 3.83. The first-order valence-corrected chi connectivity index (χ1v) is 9.04. The number of hydrogen-bond acceptors (Lipinski definition) is 1. The van der Waals surface area contributed by atoms with E-state index in [0.717, 1.165) is 18.4 Å². The fraction of sp³-hybridized carbons (Fsp3) is 0.667. The molecule has 0 aliphatic heterocycles. The van der Waals surface area contributed by atoms with Gasteiger partial charge in [0.25, 0.3) is 0 Å². The van der Waals surface area contributed by atoms with Crippen molar-refractivity contribution in [2.75, 3.05) is 6.54 Å². The topological polar surface area (TPSA) is 12.0 Å². The predicted molar refractivity (Wildman–Crippen MR) is 90.9 cm³/mol. The Kier molecular flexibility index (Phi) is 6.57. The van der Waals surface area contributed by atoms with Crippen LogP contribution in [0.2, 0.25) is 0 Å². The summed E-state index contributed by atoms with van der Waals surface area (Å²) >= 11 is 3.63. The van der Waals surface area contributed by atoms with Crippen molar-refractivity contribution in [3.05, 3.63) is 34.3 Å². The number of halogens is 1. The maximum Gasteiger partial charge on any atom is 0.0351 e. The van der Waals surface area contributed by atoms with Crippen LogP contribution < -0.4 is 5.32 Å². The van der Waals surface area contributed by atoms with Gasteiger partial charge in [-0.3, -0.25) is 0 Å². The summed E-state index contributed by atoms with van der Waals surface area (Å²) in [5.74, 6) is 1.69. The van der Waals surface area contributed by atoms with Gasteiger partial charge >= 0.3 is 0 Å². The van der Waals surface area contributed by atoms with Crippen LogP contribution >= 0.6 is 15.9 Å². The van der Waals surface area contributed by atoms with Crippen LogP contribution in [0.4, 0.5) is 0 Å². The highest BCUT2D eigenvalue weighted by Crippen LogP contribution is 2.40. The van der Waals surface area contributed by atoms with Crippen molar-refractivity contribution >= 4 is 15.9 Å². The number of nitrogens with one attached hydrogen (secondary N) is 1. The first-order valence-electron chi connectivity index (χ1n) is 8.25. The normalized spacial score (nSPS) is 24.6. The summed E-state index contributed by atoms with van der Waals surface area (Å²) in [7, 11) is 0. The Morgan fingerprint density at radius 1 is 1.25 bits per heavy atom. The monoisotopic (exact) mass is 337 g/mol. The van der Waals surface area contributed by atoms with E-state index in [2.05, 4.69) is 59.4 Å². The SMILES string of the molecule is CCCNC(c1cccc(Br)c1)C1CCCCC1CC. The Bertz CT molecular complexity index is 404. The second-order valence-corrected chi connectivity index (χ2v) is 7.02. The molecule has 3 unspecified atom stereocenters. The molecule has 0 bridgehead atoms. The number of hydrogen-bond donors (Lipinski definition) is 1. The molecule has 112 valence electrons. The molecular weight excluding hydrogens is 310 g/mol. The quantitative estimate of drug-likeness (QED) is 0.701. The summed E-state index contributed by atoms with van der Waals surface area (Å²) in [6.45, 7) is 5.73. The standard InChI is InChI=1S/C18H28BrN/c1-3-12-20-18(15-9-7-10-16(19)13-15)17-11-6-5-8-14(17)4-2/h7,9-10,13-14,17-18,20H,3-6,8,11-12H2,1-2H3. The molecule has 1 aromatic carbocycles. The molecule has 1 N–H and O–H groups in total. The van der Waals surface area contributed by atoms with Crippen molar-refractivity contribution in [1.82, 2.24) is 5.32 Å². The molecule has 3 atom stereocenters. The maximum absolute atomic E-state index is 3.83. The van der Waals surface area contributed by atoms with E-state index in [1.807, 2.05) is 0 Å². The Labute approximate surface area is 132 Å². The van der Waals surface area contributed by atoms with Gasteiger partial charge in [0.15, 0.2) is 0 Å². The van der Waals surface area contributed by atoms with Crippen molar-refractivity contribution in [3.8, 4) is 0 Å². The minimum Gasteiger partial charge on any atom is -0.310 e. The molecule has 1 fully saturated rings. The molecule has 20 heavy (non-hydrogen) atoms. The largest absolute Gasteiger partial charge is 0.310 e. The third kappa shape index (κ3) is 4.08. The molecular formula is C18H28BrN. The van der Waals surface area contributed by atoms with Gasteiger partial charge in [-0.15, -0.1) is 0 Å². The van der Waals surface area contributed by atoms with E-state index in [1.54, 1.807) is 0 Å². The van der Waals surface area contributed by atoms with Gasteiger partial charge in [0.1, 0.15) is 0 Å². The van der Waals surface area contributed by atoms with Crippen LogP contribution in [0.15, 0.2) is 28.7 Å². The second kappa shape index (κ2) is 8.19. The van der Waals surface area contributed by atoms with Crippen molar-refractivity contribution < 1.29 is 0 Å². The zero-order chi connectivity index (χ0) is 14.4. The molecule has 0 aromatic heterocycles. The molecule has 0 heterocycles. The van der Waals surface area contributed by atoms with E-state index in [1.165, 1.54) is 48.6 Å². The lowest BCUT2D eigenvalue weighted by Gasteiger charge is -2.38. The minimum atomic E-state index is 0.526. The van der Waals surface area contributed by atoms with E-state index in [4.69, 9.17) is 0 Å². The lowest BCUT2D eigenvalue weighted by molar-refractivity contribution is 0.175. The van der Waals surface area contributed by atoms with Gasteiger partial charge in [0.2, 0.25) is 0 Å². The molecule has 0 spiro atoms. The van der Waals surface area contributed by atoms with Crippen LogP contribution in [0.5, 0.6) is 0 Å². The van der Waals surface area contributed by atoms with E-state index < -0.39 is 0 Å². The van der Waals surface area contributed by atoms with Crippen molar-refractivity contribution in [1.29, 1.82) is 0 Å². The lowest BCUT2D eigenvalue weighted by atomic mass is 9.72. The molecule has 2 rings (SSSR count). The van der Waals surface area contributed by atoms with E-state index in [-0.39, 0.29) is 0 Å². The maximum atomic E-state index is 3.83. The summed E-state index contributed by atoms with van der Waals surface area (Å²) < 4.78 is 1.20. The van der Waals surface area contributed by atoms with Crippen molar-refractivity contribution in [2.45, 2.75) is 58.4 Å². The fourth-order valence-corrected chi connectivity index (χ4v) is 4.12. The predicted octanol–water partition coefficient (Wildman–Crippen LogP) is 5.71. The Hall–Kier alpha value is -0.340. The van der Waals surface area contributed by atoms with Gasteiger partial charge in [-0.25, -0.2) is 0 Å². The Morgan fingerprint density at radius 3 is 2.75 bits per heavy atom. The van der Waals surface area contributed by atoms with Crippen molar-refractivity contribution in [2.24, 2.45) is 11.8 Å². The minimum absolute atomic E-state index is 0.526.